The normalized spacial score (nSPS) is 11.0. The van der Waals surface area contributed by atoms with Gasteiger partial charge in [-0.1, -0.05) is 60.7 Å². The molecule has 4 nitrogen and oxygen atoms in total. The predicted molar refractivity (Wildman–Crippen MR) is 85.2 cm³/mol. The lowest BCUT2D eigenvalue weighted by atomic mass is 10.1. The number of hydroxylamine groups is 1. The van der Waals surface area contributed by atoms with Gasteiger partial charge >= 0.3 is 0 Å². The predicted octanol–water partition coefficient (Wildman–Crippen LogP) is 3.10. The van der Waals surface area contributed by atoms with Crippen molar-refractivity contribution < 1.29 is 14.8 Å². The molecule has 0 aliphatic rings. The number of carbonyl (C=O) groups is 2. The van der Waals surface area contributed by atoms with Crippen molar-refractivity contribution in [2.24, 2.45) is 0 Å². The monoisotopic (exact) mass is 293 g/mol. The summed E-state index contributed by atoms with van der Waals surface area (Å²) in [4.78, 5) is 22.9. The lowest BCUT2D eigenvalue weighted by Gasteiger charge is -1.98. The topological polar surface area (TPSA) is 66.4 Å². The first-order valence-corrected chi connectivity index (χ1v) is 6.69. The number of nitrogens with one attached hydrogen (secondary N) is 1. The Kier molecular flexibility index (Phi) is 5.40. The molecule has 0 aliphatic heterocycles. The number of benzene rings is 2. The van der Waals surface area contributed by atoms with Crippen LogP contribution in [0.1, 0.15) is 21.5 Å². The molecule has 0 aromatic heterocycles. The van der Waals surface area contributed by atoms with Gasteiger partial charge in [0.15, 0.2) is 5.78 Å². The van der Waals surface area contributed by atoms with Gasteiger partial charge in [0, 0.05) is 11.6 Å². The highest BCUT2D eigenvalue weighted by Crippen LogP contribution is 2.09. The number of carbonyl (C=O) groups excluding carboxylic acids is 2. The molecule has 22 heavy (non-hydrogen) atoms. The molecule has 110 valence electrons. The molecule has 0 atom stereocenters. The number of hydrogen-bond acceptors (Lipinski definition) is 3. The summed E-state index contributed by atoms with van der Waals surface area (Å²) >= 11 is 0. The van der Waals surface area contributed by atoms with E-state index in [1.54, 1.807) is 36.4 Å². The van der Waals surface area contributed by atoms with Gasteiger partial charge in [0.25, 0.3) is 5.91 Å². The van der Waals surface area contributed by atoms with E-state index in [1.165, 1.54) is 17.6 Å². The second kappa shape index (κ2) is 7.71. The highest BCUT2D eigenvalue weighted by Gasteiger charge is 2.01. The van der Waals surface area contributed by atoms with Gasteiger partial charge in [-0.15, -0.1) is 0 Å². The first-order chi connectivity index (χ1) is 10.7. The molecule has 0 bridgehead atoms. The minimum atomic E-state index is -0.606. The van der Waals surface area contributed by atoms with Gasteiger partial charge in [0.2, 0.25) is 0 Å². The van der Waals surface area contributed by atoms with Gasteiger partial charge in [0.05, 0.1) is 0 Å². The van der Waals surface area contributed by atoms with Crippen LogP contribution in [0.15, 0.2) is 66.7 Å². The molecule has 0 saturated heterocycles. The summed E-state index contributed by atoms with van der Waals surface area (Å²) in [6, 6.07) is 16.4. The van der Waals surface area contributed by atoms with E-state index in [1.807, 2.05) is 30.3 Å². The van der Waals surface area contributed by atoms with Crippen molar-refractivity contribution in [2.45, 2.75) is 0 Å². The summed E-state index contributed by atoms with van der Waals surface area (Å²) in [5, 5.41) is 8.38. The lowest BCUT2D eigenvalue weighted by Crippen LogP contribution is -2.14. The first kappa shape index (κ1) is 15.4. The van der Waals surface area contributed by atoms with Crippen LogP contribution >= 0.6 is 0 Å². The summed E-state index contributed by atoms with van der Waals surface area (Å²) in [6.07, 6.45) is 6.03. The molecule has 0 saturated carbocycles. The van der Waals surface area contributed by atoms with Crippen LogP contribution in [0.5, 0.6) is 0 Å². The summed E-state index contributed by atoms with van der Waals surface area (Å²) in [6.45, 7) is 0. The Bertz CT molecular complexity index is 701. The Labute approximate surface area is 128 Å². The van der Waals surface area contributed by atoms with Crippen molar-refractivity contribution in [3.8, 4) is 0 Å². The second-order valence-corrected chi connectivity index (χ2v) is 4.54. The number of hydrogen-bond donors (Lipinski definition) is 2. The van der Waals surface area contributed by atoms with E-state index >= 15 is 0 Å². The van der Waals surface area contributed by atoms with E-state index < -0.39 is 5.91 Å². The lowest BCUT2D eigenvalue weighted by molar-refractivity contribution is -0.124. The molecular formula is C18H15NO3. The van der Waals surface area contributed by atoms with Crippen LogP contribution in [0, 0.1) is 0 Å². The molecule has 2 N–H and O–H groups in total. The fraction of sp³-hybridized carbons (Fsp3) is 0. The van der Waals surface area contributed by atoms with E-state index in [2.05, 4.69) is 0 Å². The Balaban J connectivity index is 2.04. The third-order valence-electron chi connectivity index (χ3n) is 2.96. The molecule has 0 radical (unpaired) electrons. The van der Waals surface area contributed by atoms with Crippen LogP contribution < -0.4 is 5.48 Å². The van der Waals surface area contributed by atoms with Gasteiger partial charge in [-0.2, -0.15) is 0 Å². The molecule has 2 aromatic rings. The summed E-state index contributed by atoms with van der Waals surface area (Å²) in [5.74, 6) is -0.696. The molecule has 0 unspecified atom stereocenters. The third kappa shape index (κ3) is 4.54. The summed E-state index contributed by atoms with van der Waals surface area (Å²) in [7, 11) is 0. The van der Waals surface area contributed by atoms with Crippen molar-refractivity contribution >= 4 is 23.8 Å². The Morgan fingerprint density at radius 3 is 2.05 bits per heavy atom. The molecule has 0 aliphatic carbocycles. The van der Waals surface area contributed by atoms with E-state index in [-0.39, 0.29) is 5.78 Å². The van der Waals surface area contributed by atoms with Gasteiger partial charge < -0.3 is 0 Å². The van der Waals surface area contributed by atoms with E-state index in [9.17, 15) is 9.59 Å². The van der Waals surface area contributed by atoms with Crippen LogP contribution in [0.3, 0.4) is 0 Å². The average molecular weight is 293 g/mol. The number of amides is 1. The van der Waals surface area contributed by atoms with Crippen LogP contribution in [-0.4, -0.2) is 16.9 Å². The van der Waals surface area contributed by atoms with Crippen molar-refractivity contribution in [3.05, 3.63) is 83.4 Å². The highest BCUT2D eigenvalue weighted by molar-refractivity contribution is 6.06. The minimum absolute atomic E-state index is 0.0903. The fourth-order valence-corrected chi connectivity index (χ4v) is 1.80. The van der Waals surface area contributed by atoms with Crippen LogP contribution in [0.4, 0.5) is 0 Å². The fourth-order valence-electron chi connectivity index (χ4n) is 1.80. The van der Waals surface area contributed by atoms with Crippen LogP contribution in [0.25, 0.3) is 12.2 Å². The zero-order valence-corrected chi connectivity index (χ0v) is 11.8. The summed E-state index contributed by atoms with van der Waals surface area (Å²) in [5.41, 5.74) is 3.79. The van der Waals surface area contributed by atoms with Crippen molar-refractivity contribution in [2.75, 3.05) is 0 Å². The zero-order valence-electron chi connectivity index (χ0n) is 11.8. The molecule has 4 heteroatoms. The maximum absolute atomic E-state index is 12.0. The van der Waals surface area contributed by atoms with Crippen LogP contribution in [0.2, 0.25) is 0 Å². The van der Waals surface area contributed by atoms with Crippen LogP contribution in [-0.2, 0) is 4.79 Å². The first-order valence-electron chi connectivity index (χ1n) is 6.69. The Morgan fingerprint density at radius 1 is 0.818 bits per heavy atom. The Morgan fingerprint density at radius 2 is 1.41 bits per heavy atom. The maximum Gasteiger partial charge on any atom is 0.267 e. The minimum Gasteiger partial charge on any atom is -0.289 e. The largest absolute Gasteiger partial charge is 0.289 e. The van der Waals surface area contributed by atoms with Crippen molar-refractivity contribution in [3.63, 3.8) is 0 Å². The third-order valence-corrected chi connectivity index (χ3v) is 2.96. The standard InChI is InChI=1S/C18H15NO3/c20-17(12-8-14-4-2-1-3-5-14)16-10-6-15(7-11-16)9-13-18(21)19-22/h1-13,22H,(H,19,21)/b12-8+,13-9+. The molecule has 2 rings (SSSR count). The smallest absolute Gasteiger partial charge is 0.267 e. The van der Waals surface area contributed by atoms with Gasteiger partial charge in [0.1, 0.15) is 0 Å². The molecule has 0 heterocycles. The SMILES string of the molecule is O=C(/C=C/c1ccc(C(=O)/C=C/c2ccccc2)cc1)NO. The van der Waals surface area contributed by atoms with Gasteiger partial charge in [-0.05, 0) is 23.3 Å². The zero-order chi connectivity index (χ0) is 15.8. The molecule has 1 amide bonds. The molecular weight excluding hydrogens is 278 g/mol. The van der Waals surface area contributed by atoms with Crippen molar-refractivity contribution in [1.29, 1.82) is 0 Å². The van der Waals surface area contributed by atoms with Gasteiger partial charge in [-0.3, -0.25) is 14.8 Å². The van der Waals surface area contributed by atoms with E-state index in [4.69, 9.17) is 5.21 Å². The second-order valence-electron chi connectivity index (χ2n) is 4.54. The quantitative estimate of drug-likeness (QED) is 0.385. The molecule has 0 spiro atoms. The number of rotatable bonds is 5. The number of allylic oxidation sites excluding steroid dienone is 1. The molecule has 0 fully saturated rings. The average Bonchev–Trinajstić information content (AvgIpc) is 2.59. The Hall–Kier alpha value is -2.98. The van der Waals surface area contributed by atoms with Crippen molar-refractivity contribution in [1.82, 2.24) is 5.48 Å². The molecule has 2 aromatic carbocycles. The van der Waals surface area contributed by atoms with Gasteiger partial charge in [-0.25, -0.2) is 5.48 Å². The summed E-state index contributed by atoms with van der Waals surface area (Å²) < 4.78 is 0. The van der Waals surface area contributed by atoms with E-state index in [0.717, 1.165) is 11.1 Å². The maximum atomic E-state index is 12.0. The van der Waals surface area contributed by atoms with E-state index in [0.29, 0.717) is 5.56 Å². The number of ketones is 1. The highest BCUT2D eigenvalue weighted by atomic mass is 16.5.